The lowest BCUT2D eigenvalue weighted by atomic mass is 10.1. The van der Waals surface area contributed by atoms with Crippen LogP contribution in [-0.4, -0.2) is 84.3 Å². The van der Waals surface area contributed by atoms with Crippen LogP contribution in [0.4, 0.5) is 0 Å². The zero-order valence-corrected chi connectivity index (χ0v) is 16.6. The number of carboxylic acid groups (broad SMARTS) is 2. The Hall–Kier alpha value is -1.70. The molecule has 13 nitrogen and oxygen atoms in total. The Morgan fingerprint density at radius 1 is 1.18 bits per heavy atom. The molecule has 0 aromatic rings. The Morgan fingerprint density at radius 2 is 1.75 bits per heavy atom. The Balaban J connectivity index is 5.07. The first-order chi connectivity index (χ1) is 12.8. The van der Waals surface area contributed by atoms with Crippen molar-refractivity contribution in [1.29, 1.82) is 0 Å². The van der Waals surface area contributed by atoms with Crippen molar-refractivity contribution in [3.63, 3.8) is 0 Å². The van der Waals surface area contributed by atoms with Gasteiger partial charge in [0.25, 0.3) is 0 Å². The van der Waals surface area contributed by atoms with Gasteiger partial charge in [-0.3, -0.25) is 23.7 Å². The molecular formula is C13H24N3O10PS. The van der Waals surface area contributed by atoms with Crippen LogP contribution in [0.5, 0.6) is 0 Å². The molecule has 0 saturated heterocycles. The number of aliphatic hydroxyl groups excluding tert-OH is 1. The van der Waals surface area contributed by atoms with E-state index in [1.165, 1.54) is 0 Å². The van der Waals surface area contributed by atoms with Crippen molar-refractivity contribution in [3.8, 4) is 0 Å². The van der Waals surface area contributed by atoms with Crippen LogP contribution in [0.15, 0.2) is 0 Å². The summed E-state index contributed by atoms with van der Waals surface area (Å²) in [4.78, 5) is 62.2. The van der Waals surface area contributed by atoms with E-state index < -0.39 is 61.1 Å². The number of thioether (sulfide) groups is 1. The zero-order chi connectivity index (χ0) is 22.1. The number of hydrogen-bond acceptors (Lipinski definition) is 8. The van der Waals surface area contributed by atoms with Crippen LogP contribution < -0.4 is 16.4 Å². The molecule has 0 fully saturated rings. The normalized spacial score (nSPS) is 15.8. The third-order valence-corrected chi connectivity index (χ3v) is 6.87. The summed E-state index contributed by atoms with van der Waals surface area (Å²) in [5.41, 5.74) is 5.27. The lowest BCUT2D eigenvalue weighted by molar-refractivity contribution is -0.139. The number of carboxylic acids is 2. The van der Waals surface area contributed by atoms with Crippen LogP contribution in [0, 0.1) is 0 Å². The van der Waals surface area contributed by atoms with Crippen LogP contribution in [-0.2, 0) is 23.7 Å². The smallest absolute Gasteiger partial charge is 0.341 e. The van der Waals surface area contributed by atoms with E-state index >= 15 is 0 Å². The van der Waals surface area contributed by atoms with Crippen molar-refractivity contribution in [2.45, 2.75) is 42.9 Å². The monoisotopic (exact) mass is 445 g/mol. The minimum Gasteiger partial charge on any atom is -0.480 e. The molecule has 0 rings (SSSR count). The molecule has 0 radical (unpaired) electrons. The molecule has 0 aromatic carbocycles. The molecule has 0 aliphatic rings. The largest absolute Gasteiger partial charge is 0.480 e. The Kier molecular flexibility index (Phi) is 11.3. The van der Waals surface area contributed by atoms with E-state index in [1.54, 1.807) is 0 Å². The fourth-order valence-electron chi connectivity index (χ4n) is 1.86. The van der Waals surface area contributed by atoms with E-state index in [0.29, 0.717) is 11.8 Å². The summed E-state index contributed by atoms with van der Waals surface area (Å²) < 4.78 is 11.4. The number of aliphatic hydroxyl groups is 1. The second-order valence-electron chi connectivity index (χ2n) is 5.77. The predicted molar refractivity (Wildman–Crippen MR) is 97.4 cm³/mol. The van der Waals surface area contributed by atoms with Crippen molar-refractivity contribution < 1.29 is 48.8 Å². The Bertz CT molecular complexity index is 626. The topological polar surface area (TPSA) is 237 Å². The molecule has 4 atom stereocenters. The summed E-state index contributed by atoms with van der Waals surface area (Å²) in [6.45, 7) is 0.389. The molecule has 9 N–H and O–H groups in total. The number of hydrogen-bond donors (Lipinski definition) is 8. The number of nitrogens with two attached hydrogens (primary N) is 1. The molecule has 2 amide bonds. The van der Waals surface area contributed by atoms with Gasteiger partial charge in [0.1, 0.15) is 23.6 Å². The summed E-state index contributed by atoms with van der Waals surface area (Å²) in [5.74, 6) is -4.75. The summed E-state index contributed by atoms with van der Waals surface area (Å²) in [5, 5.41) is 31.1. The van der Waals surface area contributed by atoms with Gasteiger partial charge in [0.05, 0.1) is 6.10 Å². The van der Waals surface area contributed by atoms with E-state index in [2.05, 4.69) is 5.32 Å². The molecule has 0 unspecified atom stereocenters. The Labute approximate surface area is 164 Å². The maximum atomic E-state index is 12.1. The van der Waals surface area contributed by atoms with E-state index in [9.17, 15) is 38.6 Å². The number of rotatable bonds is 13. The Morgan fingerprint density at radius 3 is 2.18 bits per heavy atom. The molecule has 0 heterocycles. The average molecular weight is 445 g/mol. The van der Waals surface area contributed by atoms with Crippen molar-refractivity contribution >= 4 is 43.1 Å². The standard InChI is InChI=1S/C13H24N3O10PS/c1-6(17)13(27(24,25)26)28-5-8(11(21)15-4-10(19)20)16-9(18)3-2-7(14)12(22)23/h6-8,13,17H,2-5,14H2,1H3,(H,15,21)(H,16,18)(H,19,20)(H,22,23)(H2,24,25,26)/t6-,7-,8-,13+/m0/s1. The molecule has 0 spiro atoms. The number of amides is 2. The van der Waals surface area contributed by atoms with Gasteiger partial charge in [-0.15, -0.1) is 11.8 Å². The van der Waals surface area contributed by atoms with Crippen molar-refractivity contribution in [2.24, 2.45) is 5.73 Å². The quantitative estimate of drug-likeness (QED) is 0.137. The van der Waals surface area contributed by atoms with Crippen molar-refractivity contribution in [2.75, 3.05) is 12.3 Å². The first-order valence-electron chi connectivity index (χ1n) is 7.87. The molecule has 162 valence electrons. The molecular weight excluding hydrogens is 421 g/mol. The number of carbonyl (C=O) groups excluding carboxylic acids is 2. The lowest BCUT2D eigenvalue weighted by Gasteiger charge is -2.24. The molecule has 0 aliphatic carbocycles. The third-order valence-electron chi connectivity index (χ3n) is 3.24. The summed E-state index contributed by atoms with van der Waals surface area (Å²) in [6.07, 6.45) is -2.01. The van der Waals surface area contributed by atoms with Crippen LogP contribution in [0.1, 0.15) is 19.8 Å². The summed E-state index contributed by atoms with van der Waals surface area (Å²) >= 11 is 0.524. The predicted octanol–water partition coefficient (Wildman–Crippen LogP) is -2.52. The van der Waals surface area contributed by atoms with Gasteiger partial charge < -0.3 is 41.5 Å². The van der Waals surface area contributed by atoms with Gasteiger partial charge in [-0.25, -0.2) is 0 Å². The van der Waals surface area contributed by atoms with Crippen molar-refractivity contribution in [1.82, 2.24) is 10.6 Å². The van der Waals surface area contributed by atoms with Crippen molar-refractivity contribution in [3.05, 3.63) is 0 Å². The fraction of sp³-hybridized carbons (Fsp3) is 0.692. The van der Waals surface area contributed by atoms with Gasteiger partial charge in [-0.05, 0) is 13.3 Å². The average Bonchev–Trinajstić information content (AvgIpc) is 2.54. The van der Waals surface area contributed by atoms with Crippen LogP contribution in [0.3, 0.4) is 0 Å². The molecule has 0 aromatic heterocycles. The zero-order valence-electron chi connectivity index (χ0n) is 14.8. The maximum absolute atomic E-state index is 12.1. The van der Waals surface area contributed by atoms with Gasteiger partial charge in [0.2, 0.25) is 11.8 Å². The first-order valence-corrected chi connectivity index (χ1v) is 10.6. The van der Waals surface area contributed by atoms with Gasteiger partial charge >= 0.3 is 19.5 Å². The van der Waals surface area contributed by atoms with Crippen LogP contribution in [0.25, 0.3) is 0 Å². The first kappa shape index (κ1) is 26.3. The highest BCUT2D eigenvalue weighted by Gasteiger charge is 2.35. The molecule has 0 bridgehead atoms. The highest BCUT2D eigenvalue weighted by molar-refractivity contribution is 8.05. The second kappa shape index (κ2) is 12.0. The summed E-state index contributed by atoms with van der Waals surface area (Å²) in [7, 11) is -4.73. The number of carbonyl (C=O) groups is 4. The fourth-order valence-corrected chi connectivity index (χ4v) is 4.36. The number of nitrogens with one attached hydrogen (secondary N) is 2. The van der Waals surface area contributed by atoms with Gasteiger partial charge in [-0.1, -0.05) is 0 Å². The van der Waals surface area contributed by atoms with E-state index in [1.807, 2.05) is 5.32 Å². The summed E-state index contributed by atoms with van der Waals surface area (Å²) in [6, 6.07) is -2.68. The molecule has 0 aliphatic heterocycles. The molecule has 28 heavy (non-hydrogen) atoms. The van der Waals surface area contributed by atoms with Crippen LogP contribution >= 0.6 is 19.4 Å². The molecule has 15 heteroatoms. The number of aliphatic carboxylic acids is 2. The van der Waals surface area contributed by atoms with Crippen LogP contribution in [0.2, 0.25) is 0 Å². The minimum absolute atomic E-state index is 0.226. The molecule has 0 saturated carbocycles. The van der Waals surface area contributed by atoms with E-state index in [4.69, 9.17) is 15.9 Å². The highest BCUT2D eigenvalue weighted by atomic mass is 32.2. The minimum atomic E-state index is -4.73. The highest BCUT2D eigenvalue weighted by Crippen LogP contribution is 2.48. The van der Waals surface area contributed by atoms with E-state index in [-0.39, 0.29) is 18.6 Å². The second-order valence-corrected chi connectivity index (χ2v) is 9.03. The van der Waals surface area contributed by atoms with Gasteiger partial charge in [0.15, 0.2) is 0 Å². The SMILES string of the molecule is C[C@H](O)[C@@H](SC[C@H](NC(=O)CC[C@H](N)C(=O)O)C(=O)NCC(=O)O)P(=O)(O)O. The third kappa shape index (κ3) is 10.6. The lowest BCUT2D eigenvalue weighted by Crippen LogP contribution is -2.50. The maximum Gasteiger partial charge on any atom is 0.341 e. The van der Waals surface area contributed by atoms with E-state index in [0.717, 1.165) is 6.92 Å². The van der Waals surface area contributed by atoms with Gasteiger partial charge in [-0.2, -0.15) is 0 Å². The van der Waals surface area contributed by atoms with Gasteiger partial charge in [0, 0.05) is 12.2 Å².